The van der Waals surface area contributed by atoms with Crippen LogP contribution in [0.5, 0.6) is 0 Å². The van der Waals surface area contributed by atoms with Crippen molar-refractivity contribution in [2.45, 2.75) is 74.9 Å². The number of Topliss-reactive ketones (excluding diaryl/α,β-unsaturated/α-hetero) is 1. The predicted molar refractivity (Wildman–Crippen MR) is 211 cm³/mol. The fourth-order valence-electron chi connectivity index (χ4n) is 8.67. The van der Waals surface area contributed by atoms with Gasteiger partial charge in [0.2, 0.25) is 0 Å². The van der Waals surface area contributed by atoms with E-state index in [2.05, 4.69) is 22.0 Å². The molecule has 1 saturated carbocycles. The zero-order valence-electron chi connectivity index (χ0n) is 33.4. The summed E-state index contributed by atoms with van der Waals surface area (Å²) in [7, 11) is -2.06. The topological polar surface area (TPSA) is 129 Å². The molecular formula is C42H36ClF7N6O5S. The van der Waals surface area contributed by atoms with E-state index in [4.69, 9.17) is 21.3 Å². The molecule has 62 heavy (non-hydrogen) atoms. The number of hydrogen-bond acceptors (Lipinski definition) is 8. The zero-order valence-corrected chi connectivity index (χ0v) is 35.0. The molecule has 0 N–H and O–H groups in total. The van der Waals surface area contributed by atoms with Gasteiger partial charge in [0, 0.05) is 59.7 Å². The summed E-state index contributed by atoms with van der Waals surface area (Å²) in [4.78, 5) is 32.9. The van der Waals surface area contributed by atoms with E-state index in [-0.39, 0.29) is 59.0 Å². The minimum atomic E-state index is -5.07. The molecule has 3 aliphatic rings. The Balaban J connectivity index is 1.28. The number of fused-ring (bicyclic) bond motifs is 4. The number of aromatic nitrogens is 5. The van der Waals surface area contributed by atoms with Crippen LogP contribution < -0.4 is 0 Å². The number of hydrogen-bond donors (Lipinski definition) is 0. The highest BCUT2D eigenvalue weighted by atomic mass is 35.5. The van der Waals surface area contributed by atoms with Gasteiger partial charge in [-0.2, -0.15) is 32.1 Å². The van der Waals surface area contributed by atoms with Gasteiger partial charge in [-0.3, -0.25) is 19.1 Å². The van der Waals surface area contributed by atoms with Crippen LogP contribution in [0.3, 0.4) is 0 Å². The van der Waals surface area contributed by atoms with Crippen molar-refractivity contribution in [3.8, 4) is 23.0 Å². The fourth-order valence-corrected chi connectivity index (χ4v) is 9.63. The Kier molecular flexibility index (Phi) is 10.5. The summed E-state index contributed by atoms with van der Waals surface area (Å²) in [6.45, 7) is 2.81. The number of carbonyl (C=O) groups is 2. The number of benzene rings is 2. The molecule has 5 aromatic rings. The van der Waals surface area contributed by atoms with Crippen molar-refractivity contribution >= 4 is 44.2 Å². The smallest absolute Gasteiger partial charge is 0.435 e. The second kappa shape index (κ2) is 15.1. The van der Waals surface area contributed by atoms with E-state index in [1.807, 2.05) is 0 Å². The highest BCUT2D eigenvalue weighted by Crippen LogP contribution is 2.68. The van der Waals surface area contributed by atoms with Crippen molar-refractivity contribution in [1.29, 1.82) is 0 Å². The van der Waals surface area contributed by atoms with Crippen LogP contribution in [0.1, 0.15) is 78.1 Å². The number of carbonyl (C=O) groups excluding carboxylic acids is 2. The lowest BCUT2D eigenvalue weighted by atomic mass is 9.86. The van der Waals surface area contributed by atoms with E-state index in [0.29, 0.717) is 27.4 Å². The van der Waals surface area contributed by atoms with Gasteiger partial charge in [0.1, 0.15) is 41.7 Å². The lowest BCUT2D eigenvalue weighted by Gasteiger charge is -2.27. The second-order valence-corrected chi connectivity index (χ2v) is 19.0. The lowest BCUT2D eigenvalue weighted by Crippen LogP contribution is -2.43. The zero-order chi connectivity index (χ0) is 44.8. The standard InChI is InChI=1S/C42H36ClF7N6O5S/c1-40(2,55-11-12-61-39(55)58)10-9-25-5-6-27(28-7-8-31(43)34-32(20-62(4,59)60)52-54(3)36(28)34)35(51-25)22(13-21-14-23(44)17-24(45)15-21)16-26(57)19-56-38-33(37(53-56)42(48,49)50)29-18-30(29)41(38,46)47/h5-8,14-15,17,22,29-30H,11-13,16,18-20H2,1-4H3/t22-,29+,30-/m1/s1. The Morgan fingerprint density at radius 3 is 2.40 bits per heavy atom. The van der Waals surface area contributed by atoms with Crippen molar-refractivity contribution in [2.24, 2.45) is 13.0 Å². The first-order valence-electron chi connectivity index (χ1n) is 19.3. The summed E-state index contributed by atoms with van der Waals surface area (Å²) in [5, 5.41) is 8.40. The first kappa shape index (κ1) is 43.2. The number of ketones is 1. The third-order valence-electron chi connectivity index (χ3n) is 11.3. The summed E-state index contributed by atoms with van der Waals surface area (Å²) in [6, 6.07) is 8.95. The highest BCUT2D eigenvalue weighted by Gasteiger charge is 2.68. The summed E-state index contributed by atoms with van der Waals surface area (Å²) in [5.41, 5.74) is -2.70. The molecule has 1 amide bonds. The van der Waals surface area contributed by atoms with E-state index in [1.165, 1.54) is 21.7 Å². The average Bonchev–Trinajstić information content (AvgIpc) is 3.36. The van der Waals surface area contributed by atoms with E-state index in [1.54, 1.807) is 33.0 Å². The third-order valence-corrected chi connectivity index (χ3v) is 12.5. The third kappa shape index (κ3) is 8.02. The molecule has 11 nitrogen and oxygen atoms in total. The molecule has 1 saturated heterocycles. The van der Waals surface area contributed by atoms with Gasteiger partial charge < -0.3 is 4.74 Å². The Morgan fingerprint density at radius 1 is 1.06 bits per heavy atom. The van der Waals surface area contributed by atoms with Crippen LogP contribution in [0.25, 0.3) is 22.0 Å². The van der Waals surface area contributed by atoms with Gasteiger partial charge in [0.15, 0.2) is 21.3 Å². The van der Waals surface area contributed by atoms with Crippen LogP contribution in [0.2, 0.25) is 5.02 Å². The van der Waals surface area contributed by atoms with E-state index in [0.717, 1.165) is 18.4 Å². The summed E-state index contributed by atoms with van der Waals surface area (Å²) >= 11 is 6.66. The maximum atomic E-state index is 15.5. The largest absolute Gasteiger partial charge is 0.447 e. The Bertz CT molecular complexity index is 2860. The molecule has 2 aromatic carbocycles. The number of rotatable bonds is 11. The number of halogens is 8. The quantitative estimate of drug-likeness (QED) is 0.0961. The molecule has 326 valence electrons. The first-order chi connectivity index (χ1) is 28.9. The number of nitrogens with zero attached hydrogens (tertiary/aromatic N) is 6. The van der Waals surface area contributed by atoms with Crippen molar-refractivity contribution in [1.82, 2.24) is 29.4 Å². The molecule has 3 atom stereocenters. The molecule has 0 bridgehead atoms. The van der Waals surface area contributed by atoms with E-state index >= 15 is 8.78 Å². The van der Waals surface area contributed by atoms with Crippen LogP contribution in [-0.2, 0) is 57.2 Å². The molecule has 3 aromatic heterocycles. The molecule has 4 heterocycles. The normalized spacial score (nSPS) is 18.6. The van der Waals surface area contributed by atoms with Crippen LogP contribution in [0, 0.1) is 29.4 Å². The monoisotopic (exact) mass is 904 g/mol. The number of ether oxygens (including phenoxy) is 1. The average molecular weight is 905 g/mol. The van der Waals surface area contributed by atoms with Crippen LogP contribution in [0.15, 0.2) is 42.5 Å². The Hall–Kier alpha value is -5.48. The molecule has 1 aliphatic heterocycles. The first-order valence-corrected chi connectivity index (χ1v) is 21.7. The van der Waals surface area contributed by atoms with Crippen LogP contribution in [-0.4, -0.2) is 74.7 Å². The fraction of sp³-hybridized carbons (Fsp3) is 0.405. The van der Waals surface area contributed by atoms with Gasteiger partial charge >= 0.3 is 12.3 Å². The lowest BCUT2D eigenvalue weighted by molar-refractivity contribution is -0.142. The van der Waals surface area contributed by atoms with Crippen LogP contribution in [0.4, 0.5) is 35.5 Å². The number of amides is 1. The Labute approximate surface area is 355 Å². The summed E-state index contributed by atoms with van der Waals surface area (Å²) in [6.07, 6.45) is -5.66. The predicted octanol–water partition coefficient (Wildman–Crippen LogP) is 8.10. The number of pyridine rings is 1. The second-order valence-electron chi connectivity index (χ2n) is 16.4. The molecule has 0 unspecified atom stereocenters. The summed E-state index contributed by atoms with van der Waals surface area (Å²) in [5.74, 6) is -4.45. The van der Waals surface area contributed by atoms with Crippen molar-refractivity contribution in [3.05, 3.63) is 98.7 Å². The molecule has 2 fully saturated rings. The highest BCUT2D eigenvalue weighted by molar-refractivity contribution is 7.89. The molecular weight excluding hydrogens is 869 g/mol. The van der Waals surface area contributed by atoms with E-state index < -0.39 is 104 Å². The van der Waals surface area contributed by atoms with Gasteiger partial charge in [0.25, 0.3) is 5.92 Å². The van der Waals surface area contributed by atoms with Gasteiger partial charge in [-0.15, -0.1) is 0 Å². The maximum Gasteiger partial charge on any atom is 0.435 e. The number of sulfone groups is 1. The van der Waals surface area contributed by atoms with Gasteiger partial charge in [-0.25, -0.2) is 27.0 Å². The van der Waals surface area contributed by atoms with Crippen molar-refractivity contribution < 1.29 is 53.5 Å². The molecule has 0 spiro atoms. The molecule has 2 aliphatic carbocycles. The van der Waals surface area contributed by atoms with E-state index in [9.17, 15) is 40.0 Å². The number of alkyl halides is 5. The molecule has 0 radical (unpaired) electrons. The number of aryl methyl sites for hydroxylation is 1. The maximum absolute atomic E-state index is 15.5. The van der Waals surface area contributed by atoms with Gasteiger partial charge in [-0.05, 0) is 74.4 Å². The van der Waals surface area contributed by atoms with Gasteiger partial charge in [-0.1, -0.05) is 23.6 Å². The Morgan fingerprint density at radius 2 is 1.76 bits per heavy atom. The van der Waals surface area contributed by atoms with Crippen LogP contribution >= 0.6 is 11.6 Å². The summed E-state index contributed by atoms with van der Waals surface area (Å²) < 4.78 is 135. The van der Waals surface area contributed by atoms with Crippen molar-refractivity contribution in [3.63, 3.8) is 0 Å². The minimum Gasteiger partial charge on any atom is -0.447 e. The molecule has 20 heteroatoms. The van der Waals surface area contributed by atoms with Crippen molar-refractivity contribution in [2.75, 3.05) is 19.4 Å². The minimum absolute atomic E-state index is 0.0569. The SMILES string of the molecule is Cn1nc(CS(C)(=O)=O)c2c(Cl)ccc(-c3ccc(C#CC(C)(C)N4CCOC4=O)nc3[C@@H](CC(=O)Cn3nc(C(F)(F)F)c4c3C(F)(F)[C@@H]3C[C@H]43)Cc3cc(F)cc(F)c3)c21. The molecule has 8 rings (SSSR count). The van der Waals surface area contributed by atoms with Gasteiger partial charge in [0.05, 0.1) is 34.2 Å². The number of cyclic esters (lactones) is 1.